The first-order valence-corrected chi connectivity index (χ1v) is 13.2. The molecule has 2 aromatic carbocycles. The summed E-state index contributed by atoms with van der Waals surface area (Å²) in [6.07, 6.45) is 3.03. The fraction of sp³-hybridized carbons (Fsp3) is 0.320. The topological polar surface area (TPSA) is 91.5 Å². The molecular weight excluding hydrogens is 526 g/mol. The van der Waals surface area contributed by atoms with Crippen LogP contribution < -0.4 is 10.2 Å². The zero-order valence-corrected chi connectivity index (χ0v) is 21.3. The van der Waals surface area contributed by atoms with Gasteiger partial charge in [0.15, 0.2) is 10.9 Å². The van der Waals surface area contributed by atoms with Crippen LogP contribution in [0.5, 0.6) is 0 Å². The number of fused-ring (bicyclic) bond motifs is 1. The molecule has 3 heterocycles. The van der Waals surface area contributed by atoms with Gasteiger partial charge >= 0.3 is 5.97 Å². The number of rotatable bonds is 7. The van der Waals surface area contributed by atoms with Crippen LogP contribution in [0.15, 0.2) is 34.9 Å². The Kier molecular flexibility index (Phi) is 6.11. The van der Waals surface area contributed by atoms with Gasteiger partial charge in [-0.25, -0.2) is 14.2 Å². The van der Waals surface area contributed by atoms with Crippen LogP contribution >= 0.6 is 34.5 Å². The fourth-order valence-corrected chi connectivity index (χ4v) is 6.29. The summed E-state index contributed by atoms with van der Waals surface area (Å²) in [5, 5.41) is 18.9. The van der Waals surface area contributed by atoms with E-state index in [9.17, 15) is 14.3 Å². The fourth-order valence-electron chi connectivity index (χ4n) is 4.66. The number of hydrogen-bond donors (Lipinski definition) is 2. The van der Waals surface area contributed by atoms with Gasteiger partial charge in [0, 0.05) is 42.7 Å². The number of carboxylic acid groups (broad SMARTS) is 1. The second kappa shape index (κ2) is 9.30. The summed E-state index contributed by atoms with van der Waals surface area (Å²) in [6, 6.07) is 8.05. The molecule has 1 saturated heterocycles. The number of hydrogen-bond acceptors (Lipinski definition) is 7. The molecule has 0 bridgehead atoms. The number of aromatic nitrogens is 2. The van der Waals surface area contributed by atoms with Crippen molar-refractivity contribution in [3.05, 3.63) is 63.1 Å². The van der Waals surface area contributed by atoms with Gasteiger partial charge in [0.25, 0.3) is 0 Å². The highest BCUT2D eigenvalue weighted by Crippen LogP contribution is 2.46. The standard InChI is InChI=1S/C25H21Cl2FN4O3S/c26-16-2-1-3-17(27)20(16)21-15(23(35-31-21)12-4-5-12)10-29-14-6-7-32(11-14)25-30-22-18(28)8-13(24(33)34)9-19(22)36-25/h1-3,8-9,12,14,29H,4-7,10-11H2,(H,33,34). The Morgan fingerprint density at radius 2 is 2.03 bits per heavy atom. The maximum absolute atomic E-state index is 14.4. The number of carboxylic acids is 1. The lowest BCUT2D eigenvalue weighted by Crippen LogP contribution is -2.32. The number of aromatic carboxylic acids is 1. The lowest BCUT2D eigenvalue weighted by atomic mass is 10.0. The molecule has 2 N–H and O–H groups in total. The number of carbonyl (C=O) groups is 1. The predicted octanol–water partition coefficient (Wildman–Crippen LogP) is 6.34. The molecule has 2 aliphatic rings. The van der Waals surface area contributed by atoms with Crippen LogP contribution in [0.3, 0.4) is 0 Å². The van der Waals surface area contributed by atoms with Gasteiger partial charge in [-0.05, 0) is 43.5 Å². The average Bonchev–Trinajstić information content (AvgIpc) is 3.24. The van der Waals surface area contributed by atoms with E-state index in [0.29, 0.717) is 50.1 Å². The molecule has 4 aromatic rings. The largest absolute Gasteiger partial charge is 0.478 e. The van der Waals surface area contributed by atoms with Crippen LogP contribution in [0.1, 0.15) is 46.9 Å². The molecule has 1 aliphatic heterocycles. The zero-order valence-electron chi connectivity index (χ0n) is 18.9. The molecule has 0 amide bonds. The summed E-state index contributed by atoms with van der Waals surface area (Å²) in [6.45, 7) is 2.01. The van der Waals surface area contributed by atoms with Crippen LogP contribution in [-0.2, 0) is 6.54 Å². The van der Waals surface area contributed by atoms with Crippen LogP contribution in [-0.4, -0.2) is 40.3 Å². The van der Waals surface area contributed by atoms with E-state index in [1.807, 2.05) is 0 Å². The first kappa shape index (κ1) is 23.7. The molecule has 2 fully saturated rings. The summed E-state index contributed by atoms with van der Waals surface area (Å²) in [5.74, 6) is -0.517. The normalized spacial score (nSPS) is 17.9. The molecule has 2 aromatic heterocycles. The van der Waals surface area contributed by atoms with Crippen molar-refractivity contribution >= 4 is 55.9 Å². The monoisotopic (exact) mass is 546 g/mol. The molecule has 1 aliphatic carbocycles. The van der Waals surface area contributed by atoms with Crippen molar-refractivity contribution in [1.82, 2.24) is 15.5 Å². The van der Waals surface area contributed by atoms with Crippen molar-refractivity contribution in [2.24, 2.45) is 0 Å². The van der Waals surface area contributed by atoms with Crippen molar-refractivity contribution < 1.29 is 18.8 Å². The molecule has 6 rings (SSSR count). The first-order chi connectivity index (χ1) is 17.4. The molecule has 0 spiro atoms. The third-order valence-electron chi connectivity index (χ3n) is 6.68. The Balaban J connectivity index is 1.20. The Morgan fingerprint density at radius 3 is 2.75 bits per heavy atom. The smallest absolute Gasteiger partial charge is 0.335 e. The minimum Gasteiger partial charge on any atom is -0.478 e. The molecule has 186 valence electrons. The third kappa shape index (κ3) is 4.34. The SMILES string of the molecule is O=C(O)c1cc(F)c2nc(N3CCC(NCc4c(-c5c(Cl)cccc5Cl)noc4C4CC4)C3)sc2c1. The van der Waals surface area contributed by atoms with Gasteiger partial charge in [0.05, 0.1) is 20.3 Å². The van der Waals surface area contributed by atoms with Gasteiger partial charge in [0.2, 0.25) is 0 Å². The summed E-state index contributed by atoms with van der Waals surface area (Å²) in [7, 11) is 0. The van der Waals surface area contributed by atoms with E-state index in [-0.39, 0.29) is 17.1 Å². The molecule has 11 heteroatoms. The number of benzene rings is 2. The van der Waals surface area contributed by atoms with Crippen molar-refractivity contribution in [3.8, 4) is 11.3 Å². The predicted molar refractivity (Wildman–Crippen MR) is 138 cm³/mol. The Hall–Kier alpha value is -2.72. The zero-order chi connectivity index (χ0) is 25.0. The summed E-state index contributed by atoms with van der Waals surface area (Å²) in [4.78, 5) is 17.8. The number of thiazole rings is 1. The van der Waals surface area contributed by atoms with Crippen molar-refractivity contribution in [2.45, 2.75) is 37.8 Å². The summed E-state index contributed by atoms with van der Waals surface area (Å²) < 4.78 is 20.7. The van der Waals surface area contributed by atoms with Crippen molar-refractivity contribution in [3.63, 3.8) is 0 Å². The van der Waals surface area contributed by atoms with Gasteiger partial charge in [-0.3, -0.25) is 0 Å². The summed E-state index contributed by atoms with van der Waals surface area (Å²) in [5.41, 5.74) is 2.46. The van der Waals surface area contributed by atoms with Crippen molar-refractivity contribution in [2.75, 3.05) is 18.0 Å². The Morgan fingerprint density at radius 1 is 1.25 bits per heavy atom. The maximum atomic E-state index is 14.4. The van der Waals surface area contributed by atoms with Gasteiger partial charge < -0.3 is 19.8 Å². The second-order valence-electron chi connectivity index (χ2n) is 9.16. The number of nitrogens with one attached hydrogen (secondary N) is 1. The van der Waals surface area contributed by atoms with E-state index in [1.165, 1.54) is 17.4 Å². The van der Waals surface area contributed by atoms with Gasteiger partial charge in [0.1, 0.15) is 17.0 Å². The van der Waals surface area contributed by atoms with E-state index in [2.05, 4.69) is 20.4 Å². The van der Waals surface area contributed by atoms with Gasteiger partial charge in [-0.15, -0.1) is 0 Å². The molecule has 1 unspecified atom stereocenters. The summed E-state index contributed by atoms with van der Waals surface area (Å²) >= 11 is 14.2. The quantitative estimate of drug-likeness (QED) is 0.279. The minimum absolute atomic E-state index is 0.0780. The van der Waals surface area contributed by atoms with Crippen LogP contribution in [0.2, 0.25) is 10.0 Å². The van der Waals surface area contributed by atoms with Gasteiger partial charge in [-0.1, -0.05) is 45.8 Å². The first-order valence-electron chi connectivity index (χ1n) is 11.6. The molecule has 7 nitrogen and oxygen atoms in total. The highest BCUT2D eigenvalue weighted by atomic mass is 35.5. The van der Waals surface area contributed by atoms with Crippen LogP contribution in [0.25, 0.3) is 21.5 Å². The van der Waals surface area contributed by atoms with Crippen LogP contribution in [0.4, 0.5) is 9.52 Å². The van der Waals surface area contributed by atoms with E-state index >= 15 is 0 Å². The third-order valence-corrected chi connectivity index (χ3v) is 8.37. The van der Waals surface area contributed by atoms with Crippen LogP contribution in [0, 0.1) is 5.82 Å². The lowest BCUT2D eigenvalue weighted by molar-refractivity contribution is 0.0696. The second-order valence-corrected chi connectivity index (χ2v) is 11.0. The average molecular weight is 547 g/mol. The van der Waals surface area contributed by atoms with E-state index in [1.54, 1.807) is 18.2 Å². The number of nitrogens with zero attached hydrogens (tertiary/aromatic N) is 3. The maximum Gasteiger partial charge on any atom is 0.335 e. The highest BCUT2D eigenvalue weighted by Gasteiger charge is 2.34. The molecule has 1 saturated carbocycles. The molecule has 1 atom stereocenters. The highest BCUT2D eigenvalue weighted by molar-refractivity contribution is 7.22. The Labute approximate surface area is 219 Å². The minimum atomic E-state index is -1.16. The lowest BCUT2D eigenvalue weighted by Gasteiger charge is -2.16. The van der Waals surface area contributed by atoms with E-state index < -0.39 is 11.8 Å². The number of halogens is 3. The molecular formula is C25H21Cl2FN4O3S. The van der Waals surface area contributed by atoms with Gasteiger partial charge in [-0.2, -0.15) is 0 Å². The van der Waals surface area contributed by atoms with Crippen molar-refractivity contribution in [1.29, 1.82) is 0 Å². The van der Waals surface area contributed by atoms with E-state index in [4.69, 9.17) is 27.7 Å². The number of anilines is 1. The molecule has 36 heavy (non-hydrogen) atoms. The molecule has 0 radical (unpaired) electrons. The van der Waals surface area contributed by atoms with E-state index in [0.717, 1.165) is 43.2 Å². The Bertz CT molecular complexity index is 1470.